The number of nitrogens with one attached hydrogen (secondary N) is 1. The molecule has 17 heavy (non-hydrogen) atoms. The van der Waals surface area contributed by atoms with Crippen LogP contribution in [0.2, 0.25) is 0 Å². The third kappa shape index (κ3) is 3.80. The minimum Gasteiger partial charge on any atom is -0.480 e. The lowest BCUT2D eigenvalue weighted by Gasteiger charge is -2.12. The summed E-state index contributed by atoms with van der Waals surface area (Å²) in [4.78, 5) is 25.7. The Morgan fingerprint density at radius 3 is 2.65 bits per heavy atom. The van der Waals surface area contributed by atoms with Crippen molar-refractivity contribution in [2.45, 2.75) is 12.5 Å². The van der Waals surface area contributed by atoms with E-state index in [0.717, 1.165) is 18.3 Å². The molecule has 3 N–H and O–H groups in total. The van der Waals surface area contributed by atoms with E-state index in [9.17, 15) is 14.0 Å². The van der Waals surface area contributed by atoms with E-state index in [0.29, 0.717) is 0 Å². The zero-order valence-electron chi connectivity index (χ0n) is 8.76. The number of amides is 1. The van der Waals surface area contributed by atoms with Gasteiger partial charge in [-0.05, 0) is 12.1 Å². The monoisotopic (exact) mass is 242 g/mol. The number of hydrogen-bond donors (Lipinski definition) is 3. The van der Waals surface area contributed by atoms with Crippen LogP contribution in [0.25, 0.3) is 0 Å². The maximum absolute atomic E-state index is 12.5. The molecule has 0 aliphatic rings. The van der Waals surface area contributed by atoms with Gasteiger partial charge in [0.15, 0.2) is 0 Å². The smallest absolute Gasteiger partial charge is 0.326 e. The lowest BCUT2D eigenvalue weighted by molar-refractivity contribution is -0.139. The van der Waals surface area contributed by atoms with E-state index in [-0.39, 0.29) is 18.7 Å². The van der Waals surface area contributed by atoms with E-state index >= 15 is 0 Å². The van der Waals surface area contributed by atoms with E-state index in [4.69, 9.17) is 10.2 Å². The first-order chi connectivity index (χ1) is 8.04. The molecule has 0 spiro atoms. The maximum atomic E-state index is 12.5. The molecule has 0 aliphatic carbocycles. The molecular weight excluding hydrogens is 231 g/mol. The molecule has 0 saturated heterocycles. The molecule has 0 unspecified atom stereocenters. The van der Waals surface area contributed by atoms with Crippen molar-refractivity contribution in [2.75, 3.05) is 6.61 Å². The van der Waals surface area contributed by atoms with Gasteiger partial charge in [0.2, 0.25) is 0 Å². The largest absolute Gasteiger partial charge is 0.480 e. The van der Waals surface area contributed by atoms with Crippen molar-refractivity contribution in [3.63, 3.8) is 0 Å². The summed E-state index contributed by atoms with van der Waals surface area (Å²) < 4.78 is 12.5. The Kier molecular flexibility index (Phi) is 4.53. The van der Waals surface area contributed by atoms with Crippen molar-refractivity contribution in [2.24, 2.45) is 0 Å². The summed E-state index contributed by atoms with van der Waals surface area (Å²) in [5.41, 5.74) is -0.0874. The summed E-state index contributed by atoms with van der Waals surface area (Å²) in [6, 6.07) is 0.992. The van der Waals surface area contributed by atoms with Crippen molar-refractivity contribution in [1.29, 1.82) is 0 Å². The topological polar surface area (TPSA) is 99.5 Å². The van der Waals surface area contributed by atoms with Crippen molar-refractivity contribution >= 4 is 11.9 Å². The van der Waals surface area contributed by atoms with E-state index < -0.39 is 23.7 Å². The number of aliphatic hydroxyl groups excluding tert-OH is 1. The Morgan fingerprint density at radius 1 is 1.47 bits per heavy atom. The number of hydrogen-bond acceptors (Lipinski definition) is 4. The van der Waals surface area contributed by atoms with Gasteiger partial charge < -0.3 is 15.5 Å². The minimum absolute atomic E-state index is 0.0874. The van der Waals surface area contributed by atoms with Crippen molar-refractivity contribution in [3.8, 4) is 0 Å². The fourth-order valence-electron chi connectivity index (χ4n) is 1.13. The number of pyridine rings is 1. The molecule has 1 aromatic heterocycles. The third-order valence-corrected chi connectivity index (χ3v) is 1.98. The van der Waals surface area contributed by atoms with Gasteiger partial charge in [-0.2, -0.15) is 0 Å². The zero-order valence-corrected chi connectivity index (χ0v) is 8.76. The van der Waals surface area contributed by atoms with Crippen molar-refractivity contribution in [3.05, 3.63) is 29.8 Å². The SMILES string of the molecule is O=C(N[C@H](CCO)C(=O)O)c1ccc(F)cn1. The zero-order chi connectivity index (χ0) is 12.8. The van der Waals surface area contributed by atoms with Gasteiger partial charge in [0.25, 0.3) is 5.91 Å². The van der Waals surface area contributed by atoms with Gasteiger partial charge in [-0.3, -0.25) is 4.79 Å². The summed E-state index contributed by atoms with van der Waals surface area (Å²) in [7, 11) is 0. The summed E-state index contributed by atoms with van der Waals surface area (Å²) >= 11 is 0. The minimum atomic E-state index is -1.26. The number of rotatable bonds is 5. The molecule has 7 heteroatoms. The molecule has 0 aromatic carbocycles. The third-order valence-electron chi connectivity index (χ3n) is 1.98. The Hall–Kier alpha value is -2.02. The first-order valence-electron chi connectivity index (χ1n) is 4.80. The molecule has 0 radical (unpaired) electrons. The van der Waals surface area contributed by atoms with Crippen LogP contribution in [0.1, 0.15) is 16.9 Å². The number of carboxylic acids is 1. The average Bonchev–Trinajstić information content (AvgIpc) is 2.29. The normalized spacial score (nSPS) is 11.9. The molecule has 1 aromatic rings. The van der Waals surface area contributed by atoms with Gasteiger partial charge in [-0.1, -0.05) is 0 Å². The number of carbonyl (C=O) groups is 2. The van der Waals surface area contributed by atoms with Crippen molar-refractivity contribution in [1.82, 2.24) is 10.3 Å². The number of aromatic nitrogens is 1. The summed E-state index contributed by atoms with van der Waals surface area (Å²) in [6.07, 6.45) is 0.749. The Labute approximate surface area is 96.1 Å². The number of nitrogens with zero attached hydrogens (tertiary/aromatic N) is 1. The quantitative estimate of drug-likeness (QED) is 0.663. The highest BCUT2D eigenvalue weighted by Gasteiger charge is 2.20. The van der Waals surface area contributed by atoms with Gasteiger partial charge >= 0.3 is 5.97 Å². The molecule has 1 atom stereocenters. The van der Waals surface area contributed by atoms with Crippen LogP contribution in [0.3, 0.4) is 0 Å². The lowest BCUT2D eigenvalue weighted by atomic mass is 10.2. The second-order valence-electron chi connectivity index (χ2n) is 3.24. The Balaban J connectivity index is 2.70. The molecule has 1 amide bonds. The summed E-state index contributed by atoms with van der Waals surface area (Å²) in [5, 5.41) is 19.5. The number of carbonyl (C=O) groups excluding carboxylic acids is 1. The highest BCUT2D eigenvalue weighted by Crippen LogP contribution is 2.00. The Morgan fingerprint density at radius 2 is 2.18 bits per heavy atom. The fourth-order valence-corrected chi connectivity index (χ4v) is 1.13. The van der Waals surface area contributed by atoms with Gasteiger partial charge in [-0.25, -0.2) is 14.2 Å². The summed E-state index contributed by atoms with van der Waals surface area (Å²) in [6.45, 7) is -0.367. The van der Waals surface area contributed by atoms with Crippen LogP contribution in [0.5, 0.6) is 0 Å². The number of carboxylic acid groups (broad SMARTS) is 1. The van der Waals surface area contributed by atoms with E-state index in [1.54, 1.807) is 0 Å². The highest BCUT2D eigenvalue weighted by atomic mass is 19.1. The maximum Gasteiger partial charge on any atom is 0.326 e. The van der Waals surface area contributed by atoms with Crippen LogP contribution in [0.15, 0.2) is 18.3 Å². The van der Waals surface area contributed by atoms with Crippen LogP contribution in [-0.4, -0.2) is 39.7 Å². The predicted octanol–water partition coefficient (Wildman–Crippen LogP) is -0.214. The van der Waals surface area contributed by atoms with Crippen LogP contribution in [0.4, 0.5) is 4.39 Å². The molecule has 1 heterocycles. The fraction of sp³-hybridized carbons (Fsp3) is 0.300. The van der Waals surface area contributed by atoms with Crippen LogP contribution in [0, 0.1) is 5.82 Å². The first kappa shape index (κ1) is 13.0. The standard InChI is InChI=1S/C10H11FN2O4/c11-6-1-2-7(12-5-6)9(15)13-8(3-4-14)10(16)17/h1-2,5,8,14H,3-4H2,(H,13,15)(H,16,17)/t8-/m1/s1. The van der Waals surface area contributed by atoms with Gasteiger partial charge in [-0.15, -0.1) is 0 Å². The van der Waals surface area contributed by atoms with Gasteiger partial charge in [0.05, 0.1) is 6.20 Å². The highest BCUT2D eigenvalue weighted by molar-refractivity contribution is 5.94. The van der Waals surface area contributed by atoms with Gasteiger partial charge in [0, 0.05) is 13.0 Å². The average molecular weight is 242 g/mol. The molecule has 6 nitrogen and oxygen atoms in total. The first-order valence-corrected chi connectivity index (χ1v) is 4.80. The molecule has 0 saturated carbocycles. The summed E-state index contributed by atoms with van der Waals surface area (Å²) in [5.74, 6) is -2.58. The predicted molar refractivity (Wildman–Crippen MR) is 54.8 cm³/mol. The molecular formula is C10H11FN2O4. The second kappa shape index (κ2) is 5.90. The molecule has 92 valence electrons. The van der Waals surface area contributed by atoms with Gasteiger partial charge in [0.1, 0.15) is 17.6 Å². The lowest BCUT2D eigenvalue weighted by Crippen LogP contribution is -2.41. The van der Waals surface area contributed by atoms with Crippen LogP contribution in [-0.2, 0) is 4.79 Å². The molecule has 0 aliphatic heterocycles. The van der Waals surface area contributed by atoms with E-state index in [1.165, 1.54) is 0 Å². The number of halogens is 1. The molecule has 1 rings (SSSR count). The molecule has 0 bridgehead atoms. The van der Waals surface area contributed by atoms with Crippen LogP contribution < -0.4 is 5.32 Å². The molecule has 0 fully saturated rings. The second-order valence-corrected chi connectivity index (χ2v) is 3.24. The van der Waals surface area contributed by atoms with Crippen molar-refractivity contribution < 1.29 is 24.2 Å². The number of aliphatic hydroxyl groups is 1. The van der Waals surface area contributed by atoms with Crippen LogP contribution >= 0.6 is 0 Å². The van der Waals surface area contributed by atoms with E-state index in [2.05, 4.69) is 10.3 Å². The number of aliphatic carboxylic acids is 1. The van der Waals surface area contributed by atoms with E-state index in [1.807, 2.05) is 0 Å². The Bertz CT molecular complexity index is 407.